The average Bonchev–Trinajstić information content (AvgIpc) is 3.00. The molecule has 0 atom stereocenters. The second-order valence-corrected chi connectivity index (χ2v) is 4.91. The maximum absolute atomic E-state index is 5.88. The Balaban J connectivity index is 1.67. The monoisotopic (exact) mass is 303 g/mol. The van der Waals surface area contributed by atoms with Gasteiger partial charge >= 0.3 is 6.08 Å². The number of rotatable bonds is 4. The fourth-order valence-electron chi connectivity index (χ4n) is 2.23. The molecule has 0 unspecified atom stereocenters. The molecule has 0 aliphatic heterocycles. The zero-order valence-corrected chi connectivity index (χ0v) is 12.2. The predicted molar refractivity (Wildman–Crippen MR) is 87.0 cm³/mol. The van der Waals surface area contributed by atoms with E-state index in [0.29, 0.717) is 22.6 Å². The lowest BCUT2D eigenvalue weighted by Crippen LogP contribution is -1.85. The smallest absolute Gasteiger partial charge is 0.400 e. The van der Waals surface area contributed by atoms with Crippen LogP contribution in [0.4, 0.5) is 0 Å². The minimum absolute atomic E-state index is 0.190. The van der Waals surface area contributed by atoms with Crippen LogP contribution in [0.3, 0.4) is 0 Å². The quantitative estimate of drug-likeness (QED) is 0.505. The van der Waals surface area contributed by atoms with Crippen molar-refractivity contribution in [3.8, 4) is 23.3 Å². The number of fused-ring (bicyclic) bond motifs is 1. The lowest BCUT2D eigenvalue weighted by atomic mass is 10.3. The molecule has 3 aromatic carbocycles. The Kier molecular flexibility index (Phi) is 3.41. The Morgan fingerprint density at radius 3 is 2.00 bits per heavy atom. The zero-order chi connectivity index (χ0) is 15.5. The Bertz CT molecular complexity index is 917. The summed E-state index contributed by atoms with van der Waals surface area (Å²) in [6.07, 6.45) is 0.190. The molecule has 0 aliphatic rings. The van der Waals surface area contributed by atoms with Crippen molar-refractivity contribution in [2.45, 2.75) is 0 Å². The van der Waals surface area contributed by atoms with E-state index in [9.17, 15) is 0 Å². The molecule has 1 aromatic heterocycles. The van der Waals surface area contributed by atoms with Gasteiger partial charge in [-0.15, -0.1) is 0 Å². The van der Waals surface area contributed by atoms with E-state index < -0.39 is 0 Å². The molecule has 0 radical (unpaired) electrons. The predicted octanol–water partition coefficient (Wildman–Crippen LogP) is 5.41. The van der Waals surface area contributed by atoms with Gasteiger partial charge in [-0.1, -0.05) is 42.5 Å². The molecule has 0 saturated heterocycles. The topological polar surface area (TPSA) is 44.5 Å². The molecule has 0 amide bonds. The molecular weight excluding hydrogens is 290 g/mol. The van der Waals surface area contributed by atoms with Crippen molar-refractivity contribution in [2.75, 3.05) is 0 Å². The summed E-state index contributed by atoms with van der Waals surface area (Å²) in [5.74, 6) is 2.04. The van der Waals surface area contributed by atoms with Crippen molar-refractivity contribution < 1.29 is 13.9 Å². The number of benzene rings is 3. The van der Waals surface area contributed by atoms with Crippen LogP contribution in [0.25, 0.3) is 11.1 Å². The van der Waals surface area contributed by atoms with Gasteiger partial charge in [-0.2, -0.15) is 4.98 Å². The van der Waals surface area contributed by atoms with Gasteiger partial charge in [0.05, 0.1) is 0 Å². The molecule has 1 heterocycles. The third-order valence-electron chi connectivity index (χ3n) is 3.28. The summed E-state index contributed by atoms with van der Waals surface area (Å²) in [5.41, 5.74) is 1.24. The highest BCUT2D eigenvalue weighted by Gasteiger charge is 2.13. The van der Waals surface area contributed by atoms with Crippen LogP contribution >= 0.6 is 0 Å². The largest absolute Gasteiger partial charge is 0.455 e. The Labute approximate surface area is 132 Å². The summed E-state index contributed by atoms with van der Waals surface area (Å²) < 4.78 is 17.1. The molecule has 0 bridgehead atoms. The van der Waals surface area contributed by atoms with E-state index in [2.05, 4.69) is 4.98 Å². The van der Waals surface area contributed by atoms with Crippen LogP contribution in [0.5, 0.6) is 23.3 Å². The summed E-state index contributed by atoms with van der Waals surface area (Å²) in [5, 5.41) is 0. The van der Waals surface area contributed by atoms with Crippen molar-refractivity contribution in [3.05, 3.63) is 78.9 Å². The summed E-state index contributed by atoms with van der Waals surface area (Å²) in [6.45, 7) is 0. The van der Waals surface area contributed by atoms with Gasteiger partial charge in [0.15, 0.2) is 16.8 Å². The van der Waals surface area contributed by atoms with Crippen molar-refractivity contribution >= 4 is 11.1 Å². The van der Waals surface area contributed by atoms with Crippen molar-refractivity contribution in [2.24, 2.45) is 0 Å². The molecule has 0 aliphatic carbocycles. The Morgan fingerprint density at radius 1 is 0.652 bits per heavy atom. The Hall–Kier alpha value is -3.27. The molecule has 4 rings (SSSR count). The SMILES string of the molecule is c1ccc(Oc2nc3c(Oc4ccccc4)cccc3o2)cc1. The van der Waals surface area contributed by atoms with Crippen LogP contribution in [0.15, 0.2) is 83.3 Å². The molecular formula is C19H13NO3. The average molecular weight is 303 g/mol. The first kappa shape index (κ1) is 13.4. The first-order valence-corrected chi connectivity index (χ1v) is 7.24. The highest BCUT2D eigenvalue weighted by atomic mass is 16.6. The van der Waals surface area contributed by atoms with E-state index in [-0.39, 0.29) is 6.08 Å². The van der Waals surface area contributed by atoms with Crippen molar-refractivity contribution in [1.29, 1.82) is 0 Å². The highest BCUT2D eigenvalue weighted by Crippen LogP contribution is 2.33. The van der Waals surface area contributed by atoms with Gasteiger partial charge in [-0.25, -0.2) is 0 Å². The zero-order valence-electron chi connectivity index (χ0n) is 12.2. The first-order chi connectivity index (χ1) is 11.4. The minimum atomic E-state index is 0.190. The van der Waals surface area contributed by atoms with E-state index in [0.717, 1.165) is 5.75 Å². The van der Waals surface area contributed by atoms with Gasteiger partial charge in [0, 0.05) is 0 Å². The van der Waals surface area contributed by atoms with E-state index in [1.807, 2.05) is 78.9 Å². The second-order valence-electron chi connectivity index (χ2n) is 4.91. The summed E-state index contributed by atoms with van der Waals surface area (Å²) in [4.78, 5) is 4.39. The standard InChI is InChI=1S/C19H13NO3/c1-3-8-14(9-4-1)21-16-12-7-13-17-18(16)20-19(23-17)22-15-10-5-2-6-11-15/h1-13H. The van der Waals surface area contributed by atoms with Gasteiger partial charge in [-0.05, 0) is 36.4 Å². The molecule has 0 saturated carbocycles. The number of hydrogen-bond acceptors (Lipinski definition) is 4. The summed E-state index contributed by atoms with van der Waals surface area (Å²) in [6, 6.07) is 24.5. The van der Waals surface area contributed by atoms with Crippen molar-refractivity contribution in [3.63, 3.8) is 0 Å². The Morgan fingerprint density at radius 2 is 1.30 bits per heavy atom. The third kappa shape index (κ3) is 2.87. The van der Waals surface area contributed by atoms with Crippen molar-refractivity contribution in [1.82, 2.24) is 4.98 Å². The fourth-order valence-corrected chi connectivity index (χ4v) is 2.23. The fraction of sp³-hybridized carbons (Fsp3) is 0. The summed E-state index contributed by atoms with van der Waals surface area (Å²) >= 11 is 0. The number of aromatic nitrogens is 1. The summed E-state index contributed by atoms with van der Waals surface area (Å²) in [7, 11) is 0. The number of ether oxygens (including phenoxy) is 2. The molecule has 0 fully saturated rings. The van der Waals surface area contributed by atoms with Crippen LogP contribution in [0.2, 0.25) is 0 Å². The van der Waals surface area contributed by atoms with Crippen LogP contribution in [-0.4, -0.2) is 4.98 Å². The second kappa shape index (κ2) is 5.85. The first-order valence-electron chi connectivity index (χ1n) is 7.24. The molecule has 23 heavy (non-hydrogen) atoms. The molecule has 4 heteroatoms. The van der Waals surface area contributed by atoms with E-state index in [4.69, 9.17) is 13.9 Å². The number of para-hydroxylation sites is 3. The number of nitrogens with zero attached hydrogens (tertiary/aromatic N) is 1. The number of hydrogen-bond donors (Lipinski definition) is 0. The van der Waals surface area contributed by atoms with Crippen LogP contribution < -0.4 is 9.47 Å². The molecule has 4 nitrogen and oxygen atoms in total. The lowest BCUT2D eigenvalue weighted by molar-refractivity contribution is 0.343. The van der Waals surface area contributed by atoms with Crippen LogP contribution in [0.1, 0.15) is 0 Å². The van der Waals surface area contributed by atoms with E-state index >= 15 is 0 Å². The van der Waals surface area contributed by atoms with Crippen LogP contribution in [0, 0.1) is 0 Å². The highest BCUT2D eigenvalue weighted by molar-refractivity contribution is 5.80. The molecule has 0 N–H and O–H groups in total. The maximum atomic E-state index is 5.88. The minimum Gasteiger partial charge on any atom is -0.455 e. The van der Waals surface area contributed by atoms with Gasteiger partial charge in [0.1, 0.15) is 11.5 Å². The molecule has 4 aromatic rings. The maximum Gasteiger partial charge on any atom is 0.400 e. The van der Waals surface area contributed by atoms with Gasteiger partial charge in [0.2, 0.25) is 0 Å². The van der Waals surface area contributed by atoms with Gasteiger partial charge in [-0.3, -0.25) is 0 Å². The van der Waals surface area contributed by atoms with Crippen LogP contribution in [-0.2, 0) is 0 Å². The van der Waals surface area contributed by atoms with Gasteiger partial charge < -0.3 is 13.9 Å². The van der Waals surface area contributed by atoms with E-state index in [1.54, 1.807) is 0 Å². The van der Waals surface area contributed by atoms with E-state index in [1.165, 1.54) is 0 Å². The molecule has 112 valence electrons. The van der Waals surface area contributed by atoms with Gasteiger partial charge in [0.25, 0.3) is 0 Å². The lowest BCUT2D eigenvalue weighted by Gasteiger charge is -2.04. The third-order valence-corrected chi connectivity index (χ3v) is 3.28. The number of oxazole rings is 1. The normalized spacial score (nSPS) is 10.6. The molecule has 0 spiro atoms.